The zero-order valence-corrected chi connectivity index (χ0v) is 20.9. The largest absolute Gasteiger partial charge is 0.493 e. The first-order valence-electron chi connectivity index (χ1n) is 13.0. The molecule has 0 saturated heterocycles. The summed E-state index contributed by atoms with van der Waals surface area (Å²) in [6, 6.07) is 6.42. The Kier molecular flexibility index (Phi) is 10.2. The fraction of sp³-hybridized carbons (Fsp3) is 0.586. The molecule has 3 rings (SSSR count). The van der Waals surface area contributed by atoms with Crippen molar-refractivity contribution < 1.29 is 22.6 Å². The molecule has 1 aliphatic rings. The van der Waals surface area contributed by atoms with E-state index in [0.717, 1.165) is 37.2 Å². The zero-order chi connectivity index (χ0) is 24.5. The van der Waals surface area contributed by atoms with Crippen LogP contribution in [0.4, 0.5) is 13.2 Å². The highest BCUT2D eigenvalue weighted by atomic mass is 19.1. The molecule has 0 aliphatic heterocycles. The van der Waals surface area contributed by atoms with Crippen molar-refractivity contribution in [1.82, 2.24) is 0 Å². The van der Waals surface area contributed by atoms with E-state index in [9.17, 15) is 13.2 Å². The van der Waals surface area contributed by atoms with Gasteiger partial charge in [-0.15, -0.1) is 0 Å². The van der Waals surface area contributed by atoms with Gasteiger partial charge >= 0.3 is 0 Å². The predicted octanol–water partition coefficient (Wildman–Crippen LogP) is 9.14. The van der Waals surface area contributed by atoms with Crippen LogP contribution in [0.25, 0.3) is 11.1 Å². The van der Waals surface area contributed by atoms with E-state index in [4.69, 9.17) is 9.47 Å². The lowest BCUT2D eigenvalue weighted by Crippen LogP contribution is -2.14. The smallest absolute Gasteiger partial charge is 0.132 e. The van der Waals surface area contributed by atoms with Gasteiger partial charge in [0.15, 0.2) is 0 Å². The van der Waals surface area contributed by atoms with Crippen molar-refractivity contribution in [2.24, 2.45) is 5.92 Å². The number of hydrogen-bond donors (Lipinski definition) is 0. The van der Waals surface area contributed by atoms with Crippen molar-refractivity contribution in [3.63, 3.8) is 0 Å². The van der Waals surface area contributed by atoms with Gasteiger partial charge < -0.3 is 9.47 Å². The zero-order valence-electron chi connectivity index (χ0n) is 20.9. The molecule has 5 heteroatoms. The Hall–Kier alpha value is -2.17. The Morgan fingerprint density at radius 2 is 1.35 bits per heavy atom. The Bertz CT molecular complexity index is 868. The summed E-state index contributed by atoms with van der Waals surface area (Å²) < 4.78 is 54.3. The molecule has 1 aliphatic carbocycles. The first-order chi connectivity index (χ1) is 16.5. The number of halogens is 3. The van der Waals surface area contributed by atoms with Gasteiger partial charge in [0.25, 0.3) is 0 Å². The van der Waals surface area contributed by atoms with Crippen molar-refractivity contribution in [1.29, 1.82) is 0 Å². The molecule has 1 fully saturated rings. The fourth-order valence-corrected chi connectivity index (χ4v) is 4.93. The molecular weight excluding hydrogens is 437 g/mol. The Balaban J connectivity index is 2.01. The van der Waals surface area contributed by atoms with Crippen LogP contribution in [0.2, 0.25) is 0 Å². The number of ether oxygens (including phenoxy) is 2. The van der Waals surface area contributed by atoms with Gasteiger partial charge in [0.1, 0.15) is 29.8 Å². The molecule has 34 heavy (non-hydrogen) atoms. The average Bonchev–Trinajstić information content (AvgIpc) is 2.84. The first-order valence-corrected chi connectivity index (χ1v) is 13.0. The maximum absolute atomic E-state index is 14.5. The van der Waals surface area contributed by atoms with E-state index < -0.39 is 23.9 Å². The van der Waals surface area contributed by atoms with Gasteiger partial charge in [0.2, 0.25) is 0 Å². The summed E-state index contributed by atoms with van der Waals surface area (Å²) in [5.41, 5.74) is 1.45. The Morgan fingerprint density at radius 3 is 1.82 bits per heavy atom. The number of hydrogen-bond acceptors (Lipinski definition) is 2. The molecule has 0 radical (unpaired) electrons. The van der Waals surface area contributed by atoms with Crippen LogP contribution < -0.4 is 9.47 Å². The molecule has 0 atom stereocenters. The van der Waals surface area contributed by atoms with Gasteiger partial charge in [-0.05, 0) is 85.8 Å². The van der Waals surface area contributed by atoms with Crippen LogP contribution in [0.1, 0.15) is 95.6 Å². The molecule has 2 nitrogen and oxygen atoms in total. The van der Waals surface area contributed by atoms with Crippen LogP contribution in [0.15, 0.2) is 24.3 Å². The highest BCUT2D eigenvalue weighted by molar-refractivity contribution is 5.78. The second-order valence-corrected chi connectivity index (χ2v) is 9.50. The van der Waals surface area contributed by atoms with Gasteiger partial charge in [-0.1, -0.05) is 40.0 Å². The van der Waals surface area contributed by atoms with E-state index in [1.54, 1.807) is 0 Å². The highest BCUT2D eigenvalue weighted by Gasteiger charge is 2.26. The summed E-state index contributed by atoms with van der Waals surface area (Å²) in [5.74, 6) is 0.588. The van der Waals surface area contributed by atoms with Gasteiger partial charge in [0, 0.05) is 0 Å². The number of alkyl halides is 1. The summed E-state index contributed by atoms with van der Waals surface area (Å²) in [6.45, 7) is 6.07. The van der Waals surface area contributed by atoms with E-state index in [-0.39, 0.29) is 0 Å². The van der Waals surface area contributed by atoms with Crippen LogP contribution >= 0.6 is 0 Å². The minimum atomic E-state index is -1.18. The second kappa shape index (κ2) is 13.1. The summed E-state index contributed by atoms with van der Waals surface area (Å²) >= 11 is 0. The summed E-state index contributed by atoms with van der Waals surface area (Å²) in [4.78, 5) is 0. The molecule has 1 saturated carbocycles. The van der Waals surface area contributed by atoms with Crippen LogP contribution in [0.3, 0.4) is 0 Å². The maximum Gasteiger partial charge on any atom is 0.132 e. The Morgan fingerprint density at radius 1 is 0.794 bits per heavy atom. The van der Waals surface area contributed by atoms with Gasteiger partial charge in [-0.25, -0.2) is 13.2 Å². The third kappa shape index (κ3) is 6.49. The Labute approximate surface area is 202 Å². The lowest BCUT2D eigenvalue weighted by atomic mass is 9.76. The van der Waals surface area contributed by atoms with Crippen LogP contribution in [-0.4, -0.2) is 13.2 Å². The van der Waals surface area contributed by atoms with Gasteiger partial charge in [-0.3, -0.25) is 0 Å². The molecule has 0 bridgehead atoms. The molecule has 188 valence electrons. The summed E-state index contributed by atoms with van der Waals surface area (Å²) in [6.07, 6.45) is 10.2. The number of rotatable bonds is 12. The SMILES string of the molecule is CCCCC1CCC(c2cc(OCCC)c(-c3cc(F)c(CF)c(F)c3)c(OCCC)c2)CC1. The monoisotopic (exact) mass is 476 g/mol. The predicted molar refractivity (Wildman–Crippen MR) is 132 cm³/mol. The quantitative estimate of drug-likeness (QED) is 0.304. The minimum absolute atomic E-state index is 0.305. The third-order valence-electron chi connectivity index (χ3n) is 6.86. The van der Waals surface area contributed by atoms with Crippen LogP contribution in [0.5, 0.6) is 11.5 Å². The second-order valence-electron chi connectivity index (χ2n) is 9.50. The molecule has 0 unspecified atom stereocenters. The molecule has 0 spiro atoms. The lowest BCUT2D eigenvalue weighted by Gasteiger charge is -2.30. The molecule has 0 amide bonds. The van der Waals surface area contributed by atoms with E-state index in [1.165, 1.54) is 44.2 Å². The summed E-state index contributed by atoms with van der Waals surface area (Å²) in [5, 5.41) is 0. The molecule has 0 aromatic heterocycles. The van der Waals surface area contributed by atoms with Gasteiger partial charge in [-0.2, -0.15) is 0 Å². The lowest BCUT2D eigenvalue weighted by molar-refractivity contribution is 0.294. The van der Waals surface area contributed by atoms with E-state index in [0.29, 0.717) is 41.8 Å². The van der Waals surface area contributed by atoms with Crippen molar-refractivity contribution in [3.05, 3.63) is 47.0 Å². The summed E-state index contributed by atoms with van der Waals surface area (Å²) in [7, 11) is 0. The fourth-order valence-electron chi connectivity index (χ4n) is 4.93. The van der Waals surface area contributed by atoms with E-state index in [1.807, 2.05) is 26.0 Å². The molecular formula is C29H39F3O2. The topological polar surface area (TPSA) is 18.5 Å². The number of benzene rings is 2. The normalized spacial score (nSPS) is 18.2. The van der Waals surface area contributed by atoms with E-state index >= 15 is 0 Å². The molecule has 0 heterocycles. The van der Waals surface area contributed by atoms with Crippen LogP contribution in [-0.2, 0) is 6.67 Å². The van der Waals surface area contributed by atoms with Crippen molar-refractivity contribution in [3.8, 4) is 22.6 Å². The highest BCUT2D eigenvalue weighted by Crippen LogP contribution is 2.45. The first kappa shape index (κ1) is 26.4. The van der Waals surface area contributed by atoms with Crippen molar-refractivity contribution in [2.75, 3.05) is 13.2 Å². The number of unbranched alkanes of at least 4 members (excludes halogenated alkanes) is 1. The van der Waals surface area contributed by atoms with E-state index in [2.05, 4.69) is 6.92 Å². The third-order valence-corrected chi connectivity index (χ3v) is 6.86. The average molecular weight is 477 g/mol. The maximum atomic E-state index is 14.5. The van der Waals surface area contributed by atoms with Crippen molar-refractivity contribution in [2.45, 2.75) is 91.2 Å². The van der Waals surface area contributed by atoms with Crippen molar-refractivity contribution >= 4 is 0 Å². The molecule has 2 aromatic rings. The minimum Gasteiger partial charge on any atom is -0.493 e. The standard InChI is InChI=1S/C29H39F3O2/c1-4-7-8-20-9-11-21(12-10-20)22-17-27(33-13-5-2)29(28(18-22)34-14-6-3)23-15-25(31)24(19-30)26(32)16-23/h15-18,20-21H,4-14,19H2,1-3H3. The van der Waals surface area contributed by atoms with Crippen LogP contribution in [0, 0.1) is 17.6 Å². The molecule has 0 N–H and O–H groups in total. The molecule has 2 aromatic carbocycles. The van der Waals surface area contributed by atoms with Gasteiger partial charge in [0.05, 0.1) is 24.3 Å².